The van der Waals surface area contributed by atoms with Crippen LogP contribution in [-0.4, -0.2) is 58.8 Å². The Morgan fingerprint density at radius 2 is 1.74 bits per heavy atom. The molecule has 0 aliphatic carbocycles. The van der Waals surface area contributed by atoms with Crippen molar-refractivity contribution < 1.29 is 14.0 Å². The summed E-state index contributed by atoms with van der Waals surface area (Å²) in [6.07, 6.45) is 0. The molecule has 11 heteroatoms. The first-order valence-electron chi connectivity index (χ1n) is 10.9. The highest BCUT2D eigenvalue weighted by atomic mass is 32.2. The molecule has 0 saturated carbocycles. The van der Waals surface area contributed by atoms with Gasteiger partial charge in [0.15, 0.2) is 15.5 Å². The number of rotatable bonds is 6. The Labute approximate surface area is 208 Å². The zero-order valence-electron chi connectivity index (χ0n) is 18.5. The summed E-state index contributed by atoms with van der Waals surface area (Å²) in [7, 11) is 0. The van der Waals surface area contributed by atoms with Crippen LogP contribution in [-0.2, 0) is 4.79 Å². The lowest BCUT2D eigenvalue weighted by Gasteiger charge is -2.33. The molecule has 0 spiro atoms. The number of amides is 2. The molecule has 5 rings (SSSR count). The van der Waals surface area contributed by atoms with Crippen LogP contribution in [0.25, 0.3) is 11.0 Å². The Kier molecular flexibility index (Phi) is 6.77. The lowest BCUT2D eigenvalue weighted by atomic mass is 10.2. The number of thioether (sulfide) groups is 1. The van der Waals surface area contributed by atoms with Crippen LogP contribution in [0.15, 0.2) is 74.2 Å². The first-order chi connectivity index (χ1) is 17.1. The van der Waals surface area contributed by atoms with Gasteiger partial charge in [-0.2, -0.15) is 0 Å². The predicted octanol–water partition coefficient (Wildman–Crippen LogP) is 3.34. The molecule has 0 atom stereocenters. The molecule has 2 aromatic heterocycles. The molecular weight excluding hydrogens is 486 g/mol. The van der Waals surface area contributed by atoms with E-state index in [0.717, 1.165) is 10.8 Å². The molecule has 35 heavy (non-hydrogen) atoms. The number of fused-ring (bicyclic) bond motifs is 1. The van der Waals surface area contributed by atoms with Crippen molar-refractivity contribution in [3.8, 4) is 0 Å². The molecule has 1 aliphatic heterocycles. The Morgan fingerprint density at radius 1 is 1.00 bits per heavy atom. The van der Waals surface area contributed by atoms with E-state index in [1.807, 2.05) is 30.3 Å². The zero-order valence-corrected chi connectivity index (χ0v) is 20.2. The third-order valence-electron chi connectivity index (χ3n) is 5.46. The lowest BCUT2D eigenvalue weighted by molar-refractivity contribution is -0.113. The van der Waals surface area contributed by atoms with Crippen molar-refractivity contribution >= 4 is 56.7 Å². The summed E-state index contributed by atoms with van der Waals surface area (Å²) in [5, 5.41) is 12.5. The lowest BCUT2D eigenvalue weighted by Crippen LogP contribution is -2.48. The van der Waals surface area contributed by atoms with Gasteiger partial charge in [-0.25, -0.2) is 0 Å². The molecule has 4 aromatic rings. The summed E-state index contributed by atoms with van der Waals surface area (Å²) >= 11 is 2.76. The van der Waals surface area contributed by atoms with Crippen LogP contribution in [0.2, 0.25) is 0 Å². The second kappa shape index (κ2) is 10.3. The third kappa shape index (κ3) is 5.36. The van der Waals surface area contributed by atoms with Crippen molar-refractivity contribution in [3.05, 3.63) is 76.6 Å². The Morgan fingerprint density at radius 3 is 2.54 bits per heavy atom. The van der Waals surface area contributed by atoms with E-state index >= 15 is 0 Å². The SMILES string of the molecule is O=C(CSc1nnc(N2CCN(C(=O)c3cc(=O)c4ccccc4o3)CC2)s1)Nc1ccccc1. The maximum atomic E-state index is 12.9. The maximum Gasteiger partial charge on any atom is 0.289 e. The van der Waals surface area contributed by atoms with Gasteiger partial charge >= 0.3 is 0 Å². The van der Waals surface area contributed by atoms with E-state index in [9.17, 15) is 14.4 Å². The Bertz CT molecular complexity index is 1410. The summed E-state index contributed by atoms with van der Waals surface area (Å²) in [6, 6.07) is 17.5. The van der Waals surface area contributed by atoms with Gasteiger partial charge in [0.25, 0.3) is 5.91 Å². The van der Waals surface area contributed by atoms with Crippen LogP contribution in [0.5, 0.6) is 0 Å². The highest BCUT2D eigenvalue weighted by molar-refractivity contribution is 8.01. The minimum atomic E-state index is -0.301. The van der Waals surface area contributed by atoms with Crippen LogP contribution in [0.4, 0.5) is 10.8 Å². The third-order valence-corrected chi connectivity index (χ3v) is 7.58. The van der Waals surface area contributed by atoms with Crippen molar-refractivity contribution in [2.75, 3.05) is 42.1 Å². The molecule has 2 aromatic carbocycles. The molecule has 1 saturated heterocycles. The van der Waals surface area contributed by atoms with Crippen molar-refractivity contribution in [1.82, 2.24) is 15.1 Å². The van der Waals surface area contributed by atoms with Crippen LogP contribution in [0.1, 0.15) is 10.6 Å². The monoisotopic (exact) mass is 507 g/mol. The van der Waals surface area contributed by atoms with E-state index in [-0.39, 0.29) is 28.8 Å². The molecule has 0 radical (unpaired) electrons. The highest BCUT2D eigenvalue weighted by Crippen LogP contribution is 2.29. The summed E-state index contributed by atoms with van der Waals surface area (Å²) in [4.78, 5) is 41.2. The predicted molar refractivity (Wildman–Crippen MR) is 136 cm³/mol. The summed E-state index contributed by atoms with van der Waals surface area (Å²) in [5.41, 5.74) is 0.926. The number of benzene rings is 2. The van der Waals surface area contributed by atoms with E-state index in [4.69, 9.17) is 4.42 Å². The number of hydrogen-bond acceptors (Lipinski definition) is 9. The van der Waals surface area contributed by atoms with Crippen molar-refractivity contribution in [3.63, 3.8) is 0 Å². The maximum absolute atomic E-state index is 12.9. The Balaban J connectivity index is 1.15. The minimum absolute atomic E-state index is 0.0468. The summed E-state index contributed by atoms with van der Waals surface area (Å²) < 4.78 is 6.40. The summed E-state index contributed by atoms with van der Waals surface area (Å²) in [6.45, 7) is 2.10. The van der Waals surface area contributed by atoms with Gasteiger partial charge in [-0.15, -0.1) is 10.2 Å². The van der Waals surface area contributed by atoms with E-state index < -0.39 is 0 Å². The highest BCUT2D eigenvalue weighted by Gasteiger charge is 2.26. The van der Waals surface area contributed by atoms with Gasteiger partial charge in [0.1, 0.15) is 5.58 Å². The van der Waals surface area contributed by atoms with Gasteiger partial charge in [-0.05, 0) is 24.3 Å². The molecule has 178 valence electrons. The van der Waals surface area contributed by atoms with E-state index in [2.05, 4.69) is 20.4 Å². The molecular formula is C24H21N5O4S2. The topological polar surface area (TPSA) is 109 Å². The second-order valence-corrected chi connectivity index (χ2v) is 9.98. The van der Waals surface area contributed by atoms with Gasteiger partial charge in [-0.3, -0.25) is 14.4 Å². The number of nitrogens with zero attached hydrogens (tertiary/aromatic N) is 4. The number of piperazine rings is 1. The fraction of sp³-hybridized carbons (Fsp3) is 0.208. The van der Waals surface area contributed by atoms with Crippen LogP contribution >= 0.6 is 23.1 Å². The first kappa shape index (κ1) is 23.1. The number of carbonyl (C=O) groups is 2. The molecule has 0 unspecified atom stereocenters. The van der Waals surface area contributed by atoms with E-state index in [0.29, 0.717) is 41.5 Å². The molecule has 3 heterocycles. The molecule has 0 bridgehead atoms. The molecule has 1 fully saturated rings. The molecule has 1 aliphatic rings. The number of hydrogen-bond donors (Lipinski definition) is 1. The first-order valence-corrected chi connectivity index (χ1v) is 12.8. The number of carbonyl (C=O) groups excluding carboxylic acids is 2. The van der Waals surface area contributed by atoms with Crippen molar-refractivity contribution in [2.24, 2.45) is 0 Å². The zero-order chi connectivity index (χ0) is 24.2. The largest absolute Gasteiger partial charge is 0.451 e. The quantitative estimate of drug-likeness (QED) is 0.396. The van der Waals surface area contributed by atoms with E-state index in [1.165, 1.54) is 29.2 Å². The molecule has 9 nitrogen and oxygen atoms in total. The van der Waals surface area contributed by atoms with Gasteiger partial charge in [0, 0.05) is 37.9 Å². The van der Waals surface area contributed by atoms with Gasteiger partial charge in [-0.1, -0.05) is 53.4 Å². The second-order valence-electron chi connectivity index (χ2n) is 7.80. The van der Waals surface area contributed by atoms with Gasteiger partial charge in [0.2, 0.25) is 11.0 Å². The normalized spacial score (nSPS) is 13.7. The fourth-order valence-corrected chi connectivity index (χ4v) is 5.39. The molecule has 2 amide bonds. The minimum Gasteiger partial charge on any atom is -0.451 e. The average molecular weight is 508 g/mol. The van der Waals surface area contributed by atoms with Crippen LogP contribution in [0.3, 0.4) is 0 Å². The number of aromatic nitrogens is 2. The van der Waals surface area contributed by atoms with Crippen LogP contribution in [0, 0.1) is 0 Å². The number of para-hydroxylation sites is 2. The average Bonchev–Trinajstić information content (AvgIpc) is 3.37. The smallest absolute Gasteiger partial charge is 0.289 e. The fourth-order valence-electron chi connectivity index (χ4n) is 3.70. The number of anilines is 2. The van der Waals surface area contributed by atoms with Gasteiger partial charge < -0.3 is 19.5 Å². The van der Waals surface area contributed by atoms with E-state index in [1.54, 1.807) is 29.2 Å². The molecule has 1 N–H and O–H groups in total. The summed E-state index contributed by atoms with van der Waals surface area (Å²) in [5.74, 6) is -0.121. The number of nitrogens with one attached hydrogen (secondary N) is 1. The Hall–Kier alpha value is -3.70. The van der Waals surface area contributed by atoms with Crippen LogP contribution < -0.4 is 15.6 Å². The standard InChI is InChI=1S/C24H21N5O4S2/c30-18-14-20(33-19-9-5-4-8-17(18)19)22(32)28-10-12-29(13-11-28)23-26-27-24(35-23)34-15-21(31)25-16-6-2-1-3-7-16/h1-9,14H,10-13,15H2,(H,25,31). The van der Waals surface area contributed by atoms with Crippen molar-refractivity contribution in [2.45, 2.75) is 4.34 Å². The van der Waals surface area contributed by atoms with Crippen molar-refractivity contribution in [1.29, 1.82) is 0 Å². The van der Waals surface area contributed by atoms with Gasteiger partial charge in [0.05, 0.1) is 11.1 Å².